The molecule has 1 heterocycles. The van der Waals surface area contributed by atoms with Gasteiger partial charge >= 0.3 is 0 Å². The first-order chi connectivity index (χ1) is 4.83. The maximum absolute atomic E-state index is 8.92. The number of allylic oxidation sites excluding steroid dienone is 2. The van der Waals surface area contributed by atoms with Crippen LogP contribution in [0.25, 0.3) is 0 Å². The van der Waals surface area contributed by atoms with Crippen LogP contribution in [0.2, 0.25) is 0 Å². The molecule has 0 amide bonds. The SMILES string of the molecule is C=C/C=C/C1CCC(O)O1. The maximum atomic E-state index is 8.92. The topological polar surface area (TPSA) is 29.5 Å². The van der Waals surface area contributed by atoms with Crippen LogP contribution in [-0.2, 0) is 4.74 Å². The van der Waals surface area contributed by atoms with Crippen LogP contribution in [-0.4, -0.2) is 17.5 Å². The fourth-order valence-corrected chi connectivity index (χ4v) is 0.989. The molecule has 2 nitrogen and oxygen atoms in total. The second-order valence-corrected chi connectivity index (χ2v) is 2.33. The molecule has 1 fully saturated rings. The highest BCUT2D eigenvalue weighted by Gasteiger charge is 2.19. The predicted molar refractivity (Wildman–Crippen MR) is 39.5 cm³/mol. The lowest BCUT2D eigenvalue weighted by molar-refractivity contribution is -0.0777. The van der Waals surface area contributed by atoms with Crippen LogP contribution in [0, 0.1) is 0 Å². The second kappa shape index (κ2) is 3.54. The summed E-state index contributed by atoms with van der Waals surface area (Å²) >= 11 is 0. The molecule has 10 heavy (non-hydrogen) atoms. The highest BCUT2D eigenvalue weighted by molar-refractivity contribution is 5.01. The van der Waals surface area contributed by atoms with Crippen molar-refractivity contribution in [3.63, 3.8) is 0 Å². The summed E-state index contributed by atoms with van der Waals surface area (Å²) in [4.78, 5) is 0. The van der Waals surface area contributed by atoms with E-state index in [1.54, 1.807) is 6.08 Å². The third-order valence-electron chi connectivity index (χ3n) is 1.49. The number of aliphatic hydroxyl groups is 1. The minimum absolute atomic E-state index is 0.0907. The molecule has 2 heteroatoms. The molecule has 0 spiro atoms. The van der Waals surface area contributed by atoms with Gasteiger partial charge in [0.25, 0.3) is 0 Å². The van der Waals surface area contributed by atoms with E-state index in [1.807, 2.05) is 12.2 Å². The smallest absolute Gasteiger partial charge is 0.155 e. The summed E-state index contributed by atoms with van der Waals surface area (Å²) in [5.41, 5.74) is 0. The molecule has 1 saturated heterocycles. The van der Waals surface area contributed by atoms with E-state index in [4.69, 9.17) is 9.84 Å². The van der Waals surface area contributed by atoms with Gasteiger partial charge < -0.3 is 9.84 Å². The van der Waals surface area contributed by atoms with Crippen molar-refractivity contribution >= 4 is 0 Å². The second-order valence-electron chi connectivity index (χ2n) is 2.33. The van der Waals surface area contributed by atoms with Crippen LogP contribution in [0.3, 0.4) is 0 Å². The molecule has 0 aromatic heterocycles. The van der Waals surface area contributed by atoms with Gasteiger partial charge in [-0.3, -0.25) is 0 Å². The Kier molecular flexibility index (Phi) is 2.66. The van der Waals surface area contributed by atoms with E-state index in [0.717, 1.165) is 12.8 Å². The van der Waals surface area contributed by atoms with Crippen molar-refractivity contribution < 1.29 is 9.84 Å². The van der Waals surface area contributed by atoms with Crippen molar-refractivity contribution in [3.8, 4) is 0 Å². The first-order valence-corrected chi connectivity index (χ1v) is 3.45. The lowest BCUT2D eigenvalue weighted by Crippen LogP contribution is -2.06. The summed E-state index contributed by atoms with van der Waals surface area (Å²) in [7, 11) is 0. The monoisotopic (exact) mass is 140 g/mol. The van der Waals surface area contributed by atoms with Crippen molar-refractivity contribution in [2.24, 2.45) is 0 Å². The largest absolute Gasteiger partial charge is 0.368 e. The molecule has 0 bridgehead atoms. The first kappa shape index (κ1) is 7.51. The van der Waals surface area contributed by atoms with Gasteiger partial charge in [-0.1, -0.05) is 24.8 Å². The number of aliphatic hydroxyl groups excluding tert-OH is 1. The average molecular weight is 140 g/mol. The van der Waals surface area contributed by atoms with E-state index in [0.29, 0.717) is 0 Å². The summed E-state index contributed by atoms with van der Waals surface area (Å²) < 4.78 is 5.08. The molecule has 0 aromatic carbocycles. The van der Waals surface area contributed by atoms with Crippen LogP contribution in [0.5, 0.6) is 0 Å². The van der Waals surface area contributed by atoms with Gasteiger partial charge in [-0.25, -0.2) is 0 Å². The molecule has 0 radical (unpaired) electrons. The van der Waals surface area contributed by atoms with Crippen molar-refractivity contribution in [1.82, 2.24) is 0 Å². The molecule has 0 aliphatic carbocycles. The molecule has 2 atom stereocenters. The fourth-order valence-electron chi connectivity index (χ4n) is 0.989. The minimum atomic E-state index is -0.556. The van der Waals surface area contributed by atoms with E-state index in [1.165, 1.54) is 0 Å². The first-order valence-electron chi connectivity index (χ1n) is 3.45. The van der Waals surface area contributed by atoms with Gasteiger partial charge in [-0.2, -0.15) is 0 Å². The Morgan fingerprint density at radius 2 is 2.30 bits per heavy atom. The molecule has 0 aromatic rings. The quantitative estimate of drug-likeness (QED) is 0.584. The van der Waals surface area contributed by atoms with Gasteiger partial charge in [0.05, 0.1) is 6.10 Å². The van der Waals surface area contributed by atoms with Gasteiger partial charge in [-0.15, -0.1) is 0 Å². The average Bonchev–Trinajstić information content (AvgIpc) is 2.31. The van der Waals surface area contributed by atoms with E-state index in [-0.39, 0.29) is 6.10 Å². The zero-order valence-corrected chi connectivity index (χ0v) is 5.86. The molecule has 1 aliphatic heterocycles. The third-order valence-corrected chi connectivity index (χ3v) is 1.49. The molecule has 0 saturated carbocycles. The molecule has 1 rings (SSSR count). The van der Waals surface area contributed by atoms with Crippen LogP contribution in [0.15, 0.2) is 24.8 Å². The van der Waals surface area contributed by atoms with Crippen LogP contribution < -0.4 is 0 Å². The van der Waals surface area contributed by atoms with Crippen molar-refractivity contribution in [2.45, 2.75) is 25.2 Å². The molecular weight excluding hydrogens is 128 g/mol. The molecule has 2 unspecified atom stereocenters. The maximum Gasteiger partial charge on any atom is 0.155 e. The Labute approximate surface area is 60.8 Å². The highest BCUT2D eigenvalue weighted by atomic mass is 16.6. The Bertz CT molecular complexity index is 140. The summed E-state index contributed by atoms with van der Waals surface area (Å²) in [5, 5.41) is 8.92. The summed E-state index contributed by atoms with van der Waals surface area (Å²) in [6.45, 7) is 3.54. The van der Waals surface area contributed by atoms with Crippen LogP contribution >= 0.6 is 0 Å². The Balaban J connectivity index is 2.30. The lowest BCUT2D eigenvalue weighted by atomic mass is 10.2. The van der Waals surface area contributed by atoms with Gasteiger partial charge in [0, 0.05) is 6.42 Å². The standard InChI is InChI=1S/C8H12O2/c1-2-3-4-7-5-6-8(9)10-7/h2-4,7-9H,1,5-6H2/b4-3+. The Morgan fingerprint density at radius 3 is 2.80 bits per heavy atom. The van der Waals surface area contributed by atoms with E-state index < -0.39 is 6.29 Å². The van der Waals surface area contributed by atoms with Crippen molar-refractivity contribution in [1.29, 1.82) is 0 Å². The van der Waals surface area contributed by atoms with Crippen LogP contribution in [0.1, 0.15) is 12.8 Å². The lowest BCUT2D eigenvalue weighted by Gasteiger charge is -2.02. The van der Waals surface area contributed by atoms with Gasteiger partial charge in [0.15, 0.2) is 6.29 Å². The number of hydrogen-bond donors (Lipinski definition) is 1. The zero-order valence-electron chi connectivity index (χ0n) is 5.86. The number of hydrogen-bond acceptors (Lipinski definition) is 2. The summed E-state index contributed by atoms with van der Waals surface area (Å²) in [6.07, 6.45) is 6.63. The van der Waals surface area contributed by atoms with Gasteiger partial charge in [-0.05, 0) is 6.42 Å². The van der Waals surface area contributed by atoms with E-state index >= 15 is 0 Å². The van der Waals surface area contributed by atoms with Gasteiger partial charge in [0.2, 0.25) is 0 Å². The zero-order chi connectivity index (χ0) is 7.40. The van der Waals surface area contributed by atoms with Crippen molar-refractivity contribution in [3.05, 3.63) is 24.8 Å². The number of ether oxygens (including phenoxy) is 1. The van der Waals surface area contributed by atoms with E-state index in [2.05, 4.69) is 6.58 Å². The molecule has 1 N–H and O–H groups in total. The Hall–Kier alpha value is -0.600. The normalized spacial score (nSPS) is 33.3. The minimum Gasteiger partial charge on any atom is -0.368 e. The number of rotatable bonds is 2. The van der Waals surface area contributed by atoms with Crippen LogP contribution in [0.4, 0.5) is 0 Å². The predicted octanol–water partition coefficient (Wildman–Crippen LogP) is 1.23. The van der Waals surface area contributed by atoms with Gasteiger partial charge in [0.1, 0.15) is 0 Å². The molecule has 1 aliphatic rings. The summed E-state index contributed by atoms with van der Waals surface area (Å²) in [5.74, 6) is 0. The fraction of sp³-hybridized carbons (Fsp3) is 0.500. The Morgan fingerprint density at radius 1 is 1.50 bits per heavy atom. The highest BCUT2D eigenvalue weighted by Crippen LogP contribution is 2.18. The van der Waals surface area contributed by atoms with E-state index in [9.17, 15) is 0 Å². The van der Waals surface area contributed by atoms with Crippen molar-refractivity contribution in [2.75, 3.05) is 0 Å². The molecular formula is C8H12O2. The summed E-state index contributed by atoms with van der Waals surface area (Å²) in [6, 6.07) is 0. The molecule has 56 valence electrons. The third kappa shape index (κ3) is 1.97.